The van der Waals surface area contributed by atoms with Crippen LogP contribution >= 0.6 is 27.3 Å². The average molecular weight is 403 g/mol. The summed E-state index contributed by atoms with van der Waals surface area (Å²) in [5.74, 6) is 0.728. The molecule has 5 nitrogen and oxygen atoms in total. The second-order valence-corrected chi connectivity index (χ2v) is 9.60. The largest absolute Gasteiger partial charge is 0.489 e. The number of ether oxygens (including phenoxy) is 1. The molecule has 0 atom stereocenters. The summed E-state index contributed by atoms with van der Waals surface area (Å²) in [5.41, 5.74) is 0. The predicted octanol–water partition coefficient (Wildman–Crippen LogP) is 3.14. The lowest BCUT2D eigenvalue weighted by molar-refractivity contribution is 0.135. The van der Waals surface area contributed by atoms with Gasteiger partial charge in [-0.15, -0.1) is 11.3 Å². The highest BCUT2D eigenvalue weighted by Gasteiger charge is 2.31. The molecule has 118 valence electrons. The number of thiophene rings is 1. The summed E-state index contributed by atoms with van der Waals surface area (Å²) in [4.78, 5) is 4.01. The molecule has 3 rings (SSSR count). The Hall–Kier alpha value is -0.960. The number of hydrogen-bond acceptors (Lipinski definition) is 5. The summed E-state index contributed by atoms with van der Waals surface area (Å²) in [6, 6.07) is 7.08. The van der Waals surface area contributed by atoms with Crippen molar-refractivity contribution >= 4 is 37.3 Å². The SMILES string of the molecule is O=S(=O)(c1ccc(Br)s1)N1CCC(Oc2cccnc2)CC1. The summed E-state index contributed by atoms with van der Waals surface area (Å²) >= 11 is 4.54. The molecular formula is C14H15BrN2O3S2. The number of halogens is 1. The summed E-state index contributed by atoms with van der Waals surface area (Å²) in [6.07, 6.45) is 4.76. The molecule has 2 aromatic rings. The first-order valence-corrected chi connectivity index (χ1v) is 9.93. The van der Waals surface area contributed by atoms with Crippen molar-refractivity contribution in [3.8, 4) is 5.75 Å². The summed E-state index contributed by atoms with van der Waals surface area (Å²) in [7, 11) is -3.38. The molecule has 22 heavy (non-hydrogen) atoms. The third-order valence-corrected chi connectivity index (χ3v) is 7.47. The molecule has 0 aromatic carbocycles. The first kappa shape index (κ1) is 15.9. The standard InChI is InChI=1S/C14H15BrN2O3S2/c15-13-3-4-14(21-13)22(18,19)17-8-5-11(6-9-17)20-12-2-1-7-16-10-12/h1-4,7,10-11H,5-6,8-9H2. The van der Waals surface area contributed by atoms with Crippen LogP contribution in [0.3, 0.4) is 0 Å². The van der Waals surface area contributed by atoms with Crippen LogP contribution in [0.1, 0.15) is 12.8 Å². The van der Waals surface area contributed by atoms with Crippen LogP contribution in [0.5, 0.6) is 5.75 Å². The van der Waals surface area contributed by atoms with Gasteiger partial charge in [-0.25, -0.2) is 8.42 Å². The number of sulfonamides is 1. The molecule has 1 fully saturated rings. The van der Waals surface area contributed by atoms with Crippen molar-refractivity contribution in [1.82, 2.24) is 9.29 Å². The van der Waals surface area contributed by atoms with Gasteiger partial charge in [0.25, 0.3) is 10.0 Å². The number of aromatic nitrogens is 1. The summed E-state index contributed by atoms with van der Waals surface area (Å²) in [6.45, 7) is 0.950. The molecule has 1 saturated heterocycles. The Morgan fingerprint density at radius 3 is 2.64 bits per heavy atom. The zero-order chi connectivity index (χ0) is 15.6. The van der Waals surface area contributed by atoms with Crippen LogP contribution in [0.15, 0.2) is 44.7 Å². The van der Waals surface area contributed by atoms with Crippen LogP contribution in [0.2, 0.25) is 0 Å². The van der Waals surface area contributed by atoms with Gasteiger partial charge in [0.15, 0.2) is 0 Å². The maximum atomic E-state index is 12.5. The minimum atomic E-state index is -3.38. The second kappa shape index (κ2) is 6.66. The fourth-order valence-corrected chi connectivity index (χ4v) is 6.00. The molecule has 0 amide bonds. The average Bonchev–Trinajstić information content (AvgIpc) is 2.96. The van der Waals surface area contributed by atoms with Crippen LogP contribution in [-0.4, -0.2) is 36.9 Å². The van der Waals surface area contributed by atoms with Gasteiger partial charge in [0.2, 0.25) is 0 Å². The number of pyridine rings is 1. The molecule has 0 saturated carbocycles. The Labute approximate surface area is 142 Å². The Kier molecular flexibility index (Phi) is 4.82. The van der Waals surface area contributed by atoms with Gasteiger partial charge in [0.05, 0.1) is 9.98 Å². The van der Waals surface area contributed by atoms with E-state index in [9.17, 15) is 8.42 Å². The van der Waals surface area contributed by atoms with Crippen molar-refractivity contribution in [2.75, 3.05) is 13.1 Å². The maximum absolute atomic E-state index is 12.5. The molecule has 1 aliphatic rings. The van der Waals surface area contributed by atoms with E-state index >= 15 is 0 Å². The quantitative estimate of drug-likeness (QED) is 0.787. The van der Waals surface area contributed by atoms with Crippen molar-refractivity contribution in [2.45, 2.75) is 23.2 Å². The monoisotopic (exact) mass is 402 g/mol. The van der Waals surface area contributed by atoms with Crippen molar-refractivity contribution in [3.05, 3.63) is 40.4 Å². The van der Waals surface area contributed by atoms with E-state index < -0.39 is 10.0 Å². The lowest BCUT2D eigenvalue weighted by atomic mass is 10.1. The first-order chi connectivity index (χ1) is 10.6. The topological polar surface area (TPSA) is 59.5 Å². The van der Waals surface area contributed by atoms with Gasteiger partial charge in [-0.2, -0.15) is 4.31 Å². The van der Waals surface area contributed by atoms with Crippen LogP contribution in [0.4, 0.5) is 0 Å². The summed E-state index contributed by atoms with van der Waals surface area (Å²) in [5, 5.41) is 0. The highest BCUT2D eigenvalue weighted by molar-refractivity contribution is 9.11. The zero-order valence-corrected chi connectivity index (χ0v) is 14.9. The van der Waals surface area contributed by atoms with E-state index in [1.807, 2.05) is 12.1 Å². The maximum Gasteiger partial charge on any atom is 0.252 e. The van der Waals surface area contributed by atoms with E-state index in [2.05, 4.69) is 20.9 Å². The van der Waals surface area contributed by atoms with Gasteiger partial charge < -0.3 is 4.74 Å². The molecule has 0 N–H and O–H groups in total. The van der Waals surface area contributed by atoms with Crippen LogP contribution in [0.25, 0.3) is 0 Å². The van der Waals surface area contributed by atoms with Crippen LogP contribution in [0, 0.1) is 0 Å². The molecular weight excluding hydrogens is 388 g/mol. The molecule has 0 aliphatic carbocycles. The van der Waals surface area contributed by atoms with Gasteiger partial charge in [-0.05, 0) is 53.0 Å². The van der Waals surface area contributed by atoms with E-state index in [0.717, 1.165) is 9.54 Å². The van der Waals surface area contributed by atoms with Crippen molar-refractivity contribution < 1.29 is 13.2 Å². The molecule has 0 unspecified atom stereocenters. The van der Waals surface area contributed by atoms with E-state index in [1.165, 1.54) is 15.6 Å². The fraction of sp³-hybridized carbons (Fsp3) is 0.357. The van der Waals surface area contributed by atoms with Gasteiger partial charge >= 0.3 is 0 Å². The van der Waals surface area contributed by atoms with Crippen LogP contribution in [-0.2, 0) is 10.0 Å². The van der Waals surface area contributed by atoms with E-state index in [4.69, 9.17) is 4.74 Å². The molecule has 0 bridgehead atoms. The van der Waals surface area contributed by atoms with Gasteiger partial charge in [0, 0.05) is 19.3 Å². The zero-order valence-electron chi connectivity index (χ0n) is 11.7. The predicted molar refractivity (Wildman–Crippen MR) is 88.7 cm³/mol. The molecule has 0 spiro atoms. The Morgan fingerprint density at radius 2 is 2.05 bits per heavy atom. The normalized spacial score (nSPS) is 17.5. The van der Waals surface area contributed by atoms with Gasteiger partial charge in [-0.3, -0.25) is 4.98 Å². The number of rotatable bonds is 4. The van der Waals surface area contributed by atoms with Crippen LogP contribution < -0.4 is 4.74 Å². The Bertz CT molecular complexity index is 726. The number of nitrogens with zero attached hydrogens (tertiary/aromatic N) is 2. The first-order valence-electron chi connectivity index (χ1n) is 6.88. The lowest BCUT2D eigenvalue weighted by Crippen LogP contribution is -2.41. The molecule has 2 aromatic heterocycles. The van der Waals surface area contributed by atoms with Gasteiger partial charge in [-0.1, -0.05) is 0 Å². The Morgan fingerprint density at radius 1 is 1.27 bits per heavy atom. The molecule has 3 heterocycles. The molecule has 0 radical (unpaired) electrons. The van der Waals surface area contributed by atoms with Gasteiger partial charge in [0.1, 0.15) is 16.1 Å². The minimum absolute atomic E-state index is 0.0331. The van der Waals surface area contributed by atoms with Crippen molar-refractivity contribution in [2.24, 2.45) is 0 Å². The van der Waals surface area contributed by atoms with E-state index in [-0.39, 0.29) is 6.10 Å². The fourth-order valence-electron chi connectivity index (χ4n) is 2.36. The number of piperidine rings is 1. The third-order valence-electron chi connectivity index (χ3n) is 3.48. The van der Waals surface area contributed by atoms with Crippen molar-refractivity contribution in [1.29, 1.82) is 0 Å². The smallest absolute Gasteiger partial charge is 0.252 e. The molecule has 8 heteroatoms. The second-order valence-electron chi connectivity index (χ2n) is 4.97. The van der Waals surface area contributed by atoms with Crippen molar-refractivity contribution in [3.63, 3.8) is 0 Å². The summed E-state index contributed by atoms with van der Waals surface area (Å²) < 4.78 is 33.6. The lowest BCUT2D eigenvalue weighted by Gasteiger charge is -2.30. The minimum Gasteiger partial charge on any atom is -0.489 e. The Balaban J connectivity index is 1.62. The highest BCUT2D eigenvalue weighted by atomic mass is 79.9. The highest BCUT2D eigenvalue weighted by Crippen LogP contribution is 2.30. The van der Waals surface area contributed by atoms with E-state index in [0.29, 0.717) is 30.1 Å². The van der Waals surface area contributed by atoms with E-state index in [1.54, 1.807) is 24.5 Å². The number of hydrogen-bond donors (Lipinski definition) is 0. The third kappa shape index (κ3) is 3.51. The molecule has 1 aliphatic heterocycles.